The molecule has 1 aliphatic carbocycles. The number of anilines is 1. The summed E-state index contributed by atoms with van der Waals surface area (Å²) in [6.45, 7) is 0. The Morgan fingerprint density at radius 1 is 1.41 bits per heavy atom. The van der Waals surface area contributed by atoms with E-state index in [4.69, 9.17) is 23.8 Å². The second kappa shape index (κ2) is 5.47. The highest BCUT2D eigenvalue weighted by Crippen LogP contribution is 2.26. The van der Waals surface area contributed by atoms with Crippen LogP contribution in [0.15, 0.2) is 24.3 Å². The number of benzene rings is 1. The van der Waals surface area contributed by atoms with Crippen LogP contribution in [-0.4, -0.2) is 11.0 Å². The minimum atomic E-state index is 0.00998. The topological polar surface area (TPSA) is 41.1 Å². The molecule has 1 aromatic rings. The van der Waals surface area contributed by atoms with E-state index in [0.717, 1.165) is 24.9 Å². The first-order valence-corrected chi connectivity index (χ1v) is 6.31. The predicted molar refractivity (Wildman–Crippen MR) is 73.2 cm³/mol. The van der Waals surface area contributed by atoms with Crippen LogP contribution in [0.5, 0.6) is 0 Å². The van der Waals surface area contributed by atoms with Gasteiger partial charge in [-0.1, -0.05) is 24.1 Å². The Morgan fingerprint density at radius 2 is 2.18 bits per heavy atom. The molecule has 0 saturated heterocycles. The lowest BCUT2D eigenvalue weighted by Crippen LogP contribution is -2.40. The van der Waals surface area contributed by atoms with Gasteiger partial charge in [0.15, 0.2) is 5.11 Å². The molecule has 0 aromatic heterocycles. The van der Waals surface area contributed by atoms with Crippen molar-refractivity contribution in [2.45, 2.75) is 19.3 Å². The number of carbonyl (C=O) groups excluding carboxylic acids is 1. The summed E-state index contributed by atoms with van der Waals surface area (Å²) < 4.78 is 0. The Hall–Kier alpha value is -1.13. The molecule has 5 heteroatoms. The summed E-state index contributed by atoms with van der Waals surface area (Å²) in [5.74, 6) is 0.143. The van der Waals surface area contributed by atoms with Gasteiger partial charge in [0, 0.05) is 16.6 Å². The minimum Gasteiger partial charge on any atom is -0.332 e. The number of nitrogens with one attached hydrogen (secondary N) is 2. The van der Waals surface area contributed by atoms with Crippen molar-refractivity contribution in [1.29, 1.82) is 0 Å². The van der Waals surface area contributed by atoms with Crippen molar-refractivity contribution in [1.82, 2.24) is 5.32 Å². The number of hydrogen-bond donors (Lipinski definition) is 2. The number of thiocarbonyl (C=S) groups is 1. The SMILES string of the molecule is O=C(NC(=S)Nc1cccc(Cl)c1)C1CCC1. The molecule has 0 heterocycles. The van der Waals surface area contributed by atoms with E-state index in [1.807, 2.05) is 12.1 Å². The van der Waals surface area contributed by atoms with Crippen LogP contribution < -0.4 is 10.6 Å². The monoisotopic (exact) mass is 268 g/mol. The first-order valence-electron chi connectivity index (χ1n) is 5.52. The first kappa shape index (κ1) is 12.3. The molecule has 1 fully saturated rings. The van der Waals surface area contributed by atoms with Crippen molar-refractivity contribution in [3.8, 4) is 0 Å². The molecule has 1 aliphatic rings. The van der Waals surface area contributed by atoms with Crippen molar-refractivity contribution in [3.63, 3.8) is 0 Å². The molecule has 1 aromatic carbocycles. The summed E-state index contributed by atoms with van der Waals surface area (Å²) in [7, 11) is 0. The van der Waals surface area contributed by atoms with E-state index in [1.54, 1.807) is 12.1 Å². The van der Waals surface area contributed by atoms with E-state index in [9.17, 15) is 4.79 Å². The van der Waals surface area contributed by atoms with E-state index in [1.165, 1.54) is 0 Å². The molecule has 0 spiro atoms. The van der Waals surface area contributed by atoms with E-state index in [0.29, 0.717) is 10.1 Å². The molecule has 0 bridgehead atoms. The number of hydrogen-bond acceptors (Lipinski definition) is 2. The fourth-order valence-corrected chi connectivity index (χ4v) is 2.02. The number of halogens is 1. The van der Waals surface area contributed by atoms with Crippen LogP contribution in [0.2, 0.25) is 5.02 Å². The fourth-order valence-electron chi connectivity index (χ4n) is 1.61. The van der Waals surface area contributed by atoms with Crippen LogP contribution in [0.3, 0.4) is 0 Å². The maximum absolute atomic E-state index is 11.6. The number of rotatable bonds is 2. The van der Waals surface area contributed by atoms with Gasteiger partial charge in [0.1, 0.15) is 0 Å². The van der Waals surface area contributed by atoms with Gasteiger partial charge in [-0.3, -0.25) is 4.79 Å². The molecule has 1 amide bonds. The van der Waals surface area contributed by atoms with Gasteiger partial charge >= 0.3 is 0 Å². The molecule has 3 nitrogen and oxygen atoms in total. The van der Waals surface area contributed by atoms with Crippen molar-refractivity contribution in [3.05, 3.63) is 29.3 Å². The fraction of sp³-hybridized carbons (Fsp3) is 0.333. The van der Waals surface area contributed by atoms with Gasteiger partial charge in [0.25, 0.3) is 0 Å². The van der Waals surface area contributed by atoms with Crippen molar-refractivity contribution >= 4 is 40.5 Å². The number of amides is 1. The quantitative estimate of drug-likeness (QED) is 0.811. The van der Waals surface area contributed by atoms with E-state index < -0.39 is 0 Å². The Balaban J connectivity index is 1.86. The zero-order valence-electron chi connectivity index (χ0n) is 9.20. The first-order chi connectivity index (χ1) is 8.15. The molecule has 0 atom stereocenters. The molecule has 90 valence electrons. The smallest absolute Gasteiger partial charge is 0.229 e. The molecule has 17 heavy (non-hydrogen) atoms. The van der Waals surface area contributed by atoms with Crippen LogP contribution in [0.4, 0.5) is 5.69 Å². The van der Waals surface area contributed by atoms with Gasteiger partial charge < -0.3 is 10.6 Å². The van der Waals surface area contributed by atoms with Crippen LogP contribution in [0, 0.1) is 5.92 Å². The number of carbonyl (C=O) groups is 1. The van der Waals surface area contributed by atoms with Crippen LogP contribution in [0.25, 0.3) is 0 Å². The van der Waals surface area contributed by atoms with Crippen molar-refractivity contribution in [2.75, 3.05) is 5.32 Å². The summed E-state index contributed by atoms with van der Waals surface area (Å²) in [5, 5.41) is 6.57. The van der Waals surface area contributed by atoms with E-state index in [-0.39, 0.29) is 11.8 Å². The molecular formula is C12H13ClN2OS. The summed E-state index contributed by atoms with van der Waals surface area (Å²) >= 11 is 10.9. The highest BCUT2D eigenvalue weighted by atomic mass is 35.5. The molecule has 2 N–H and O–H groups in total. The zero-order valence-corrected chi connectivity index (χ0v) is 10.8. The Kier molecular flexibility index (Phi) is 3.97. The maximum Gasteiger partial charge on any atom is 0.229 e. The zero-order chi connectivity index (χ0) is 12.3. The average Bonchev–Trinajstić information content (AvgIpc) is 2.13. The summed E-state index contributed by atoms with van der Waals surface area (Å²) in [5.41, 5.74) is 0.774. The third-order valence-corrected chi connectivity index (χ3v) is 3.23. The average molecular weight is 269 g/mol. The Labute approximate surface area is 111 Å². The van der Waals surface area contributed by atoms with Gasteiger partial charge in [-0.2, -0.15) is 0 Å². The highest BCUT2D eigenvalue weighted by molar-refractivity contribution is 7.80. The molecule has 1 saturated carbocycles. The summed E-state index contributed by atoms with van der Waals surface area (Å²) in [6.07, 6.45) is 3.06. The second-order valence-electron chi connectivity index (χ2n) is 4.08. The Morgan fingerprint density at radius 3 is 2.76 bits per heavy atom. The lowest BCUT2D eigenvalue weighted by atomic mass is 9.85. The molecular weight excluding hydrogens is 256 g/mol. The van der Waals surface area contributed by atoms with Gasteiger partial charge in [-0.15, -0.1) is 0 Å². The van der Waals surface area contributed by atoms with Crippen LogP contribution in [0.1, 0.15) is 19.3 Å². The standard InChI is InChI=1S/C12H13ClN2OS/c13-9-5-2-6-10(7-9)14-12(17)15-11(16)8-3-1-4-8/h2,5-8H,1,3-4H2,(H2,14,15,16,17). The lowest BCUT2D eigenvalue weighted by Gasteiger charge is -2.24. The predicted octanol–water partition coefficient (Wildman–Crippen LogP) is 2.95. The Bertz CT molecular complexity index is 446. The molecule has 2 rings (SSSR count). The highest BCUT2D eigenvalue weighted by Gasteiger charge is 2.25. The molecule has 0 unspecified atom stereocenters. The van der Waals surface area contributed by atoms with Gasteiger partial charge in [-0.05, 0) is 43.3 Å². The van der Waals surface area contributed by atoms with Crippen molar-refractivity contribution < 1.29 is 4.79 Å². The third-order valence-electron chi connectivity index (χ3n) is 2.80. The normalized spacial score (nSPS) is 14.9. The van der Waals surface area contributed by atoms with E-state index in [2.05, 4.69) is 10.6 Å². The van der Waals surface area contributed by atoms with Gasteiger partial charge in [0.2, 0.25) is 5.91 Å². The molecule has 0 radical (unpaired) electrons. The lowest BCUT2D eigenvalue weighted by molar-refractivity contribution is -0.125. The van der Waals surface area contributed by atoms with Crippen LogP contribution >= 0.6 is 23.8 Å². The van der Waals surface area contributed by atoms with Crippen LogP contribution in [-0.2, 0) is 4.79 Å². The van der Waals surface area contributed by atoms with Gasteiger partial charge in [-0.25, -0.2) is 0 Å². The maximum atomic E-state index is 11.6. The minimum absolute atomic E-state index is 0.00998. The van der Waals surface area contributed by atoms with E-state index >= 15 is 0 Å². The van der Waals surface area contributed by atoms with Gasteiger partial charge in [0.05, 0.1) is 0 Å². The third kappa shape index (κ3) is 3.41. The summed E-state index contributed by atoms with van der Waals surface area (Å²) in [4.78, 5) is 11.6. The molecule has 0 aliphatic heterocycles. The largest absolute Gasteiger partial charge is 0.332 e. The second-order valence-corrected chi connectivity index (χ2v) is 4.93. The van der Waals surface area contributed by atoms with Crippen molar-refractivity contribution in [2.24, 2.45) is 5.92 Å². The summed E-state index contributed by atoms with van der Waals surface area (Å²) in [6, 6.07) is 7.20.